The average molecular weight is 440 g/mol. The zero-order valence-corrected chi connectivity index (χ0v) is 17.5. The first kappa shape index (κ1) is 19.2. The number of hydrogen-bond acceptors (Lipinski definition) is 4. The minimum atomic E-state index is 0.653. The van der Waals surface area contributed by atoms with Crippen molar-refractivity contribution < 1.29 is 9.47 Å². The molecule has 4 nitrogen and oxygen atoms in total. The van der Waals surface area contributed by atoms with E-state index in [1.807, 2.05) is 18.2 Å². The normalized spacial score (nSPS) is 14.2. The van der Waals surface area contributed by atoms with Crippen molar-refractivity contribution in [3.63, 3.8) is 0 Å². The van der Waals surface area contributed by atoms with E-state index in [9.17, 15) is 0 Å². The maximum atomic E-state index is 6.54. The number of nitrogens with one attached hydrogen (secondary N) is 1. The molecule has 0 aliphatic carbocycles. The maximum Gasteiger partial charge on any atom is 0.161 e. The quantitative estimate of drug-likeness (QED) is 0.624. The summed E-state index contributed by atoms with van der Waals surface area (Å²) in [6.07, 6.45) is 3.79. The predicted molar refractivity (Wildman–Crippen MR) is 112 cm³/mol. The van der Waals surface area contributed by atoms with E-state index < -0.39 is 0 Å². The van der Waals surface area contributed by atoms with Gasteiger partial charge in [0.2, 0.25) is 0 Å². The molecule has 6 heteroatoms. The van der Waals surface area contributed by atoms with Crippen LogP contribution in [0.2, 0.25) is 5.02 Å². The molecule has 1 saturated heterocycles. The van der Waals surface area contributed by atoms with Crippen LogP contribution >= 0.6 is 27.5 Å². The van der Waals surface area contributed by atoms with Gasteiger partial charge < -0.3 is 19.7 Å². The van der Waals surface area contributed by atoms with Gasteiger partial charge in [-0.05, 0) is 55.2 Å². The second-order valence-electron chi connectivity index (χ2n) is 6.37. The van der Waals surface area contributed by atoms with Crippen LogP contribution in [-0.2, 0) is 6.54 Å². The van der Waals surface area contributed by atoms with E-state index in [4.69, 9.17) is 21.1 Å². The van der Waals surface area contributed by atoms with Gasteiger partial charge in [-0.2, -0.15) is 0 Å². The van der Waals surface area contributed by atoms with E-state index in [0.717, 1.165) is 39.5 Å². The van der Waals surface area contributed by atoms with Crippen molar-refractivity contribution in [2.24, 2.45) is 0 Å². The summed E-state index contributed by atoms with van der Waals surface area (Å²) < 4.78 is 11.7. The van der Waals surface area contributed by atoms with Crippen molar-refractivity contribution in [3.05, 3.63) is 45.4 Å². The number of halogens is 2. The van der Waals surface area contributed by atoms with Crippen LogP contribution in [0.1, 0.15) is 24.8 Å². The first-order valence-corrected chi connectivity index (χ1v) is 9.98. The lowest BCUT2D eigenvalue weighted by Gasteiger charge is -2.29. The first-order chi connectivity index (χ1) is 12.6. The fourth-order valence-electron chi connectivity index (χ4n) is 3.24. The summed E-state index contributed by atoms with van der Waals surface area (Å²) in [6.45, 7) is 2.83. The largest absolute Gasteiger partial charge is 0.493 e. The van der Waals surface area contributed by atoms with Crippen LogP contribution in [0.25, 0.3) is 0 Å². The van der Waals surface area contributed by atoms with Gasteiger partial charge in [0.05, 0.1) is 24.9 Å². The molecule has 0 saturated carbocycles. The highest BCUT2D eigenvalue weighted by atomic mass is 79.9. The van der Waals surface area contributed by atoms with Crippen molar-refractivity contribution in [1.82, 2.24) is 0 Å². The Hall–Kier alpha value is -1.59. The number of nitrogens with zero attached hydrogens (tertiary/aromatic N) is 1. The molecule has 0 atom stereocenters. The van der Waals surface area contributed by atoms with E-state index in [2.05, 4.69) is 38.3 Å². The molecule has 26 heavy (non-hydrogen) atoms. The molecule has 1 aliphatic heterocycles. The van der Waals surface area contributed by atoms with Crippen LogP contribution < -0.4 is 19.7 Å². The van der Waals surface area contributed by atoms with E-state index in [1.54, 1.807) is 14.2 Å². The van der Waals surface area contributed by atoms with E-state index in [-0.39, 0.29) is 0 Å². The van der Waals surface area contributed by atoms with Crippen molar-refractivity contribution in [2.45, 2.75) is 25.8 Å². The summed E-state index contributed by atoms with van der Waals surface area (Å²) in [6, 6.07) is 10.1. The second-order valence-corrected chi connectivity index (χ2v) is 7.63. The molecular formula is C20H24BrClN2O2. The Balaban J connectivity index is 1.71. The SMILES string of the molecule is COc1cc(Br)c(CNc2ccc(N3CCCCC3)c(Cl)c2)cc1OC. The van der Waals surface area contributed by atoms with Crippen molar-refractivity contribution in [2.75, 3.05) is 37.5 Å². The molecule has 1 N–H and O–H groups in total. The molecule has 0 spiro atoms. The Bertz CT molecular complexity index is 764. The van der Waals surface area contributed by atoms with Crippen LogP contribution in [0.4, 0.5) is 11.4 Å². The fraction of sp³-hybridized carbons (Fsp3) is 0.400. The number of rotatable bonds is 6. The van der Waals surface area contributed by atoms with E-state index in [1.165, 1.54) is 19.3 Å². The molecule has 140 valence electrons. The van der Waals surface area contributed by atoms with Crippen LogP contribution in [-0.4, -0.2) is 27.3 Å². The summed E-state index contributed by atoms with van der Waals surface area (Å²) in [5, 5.41) is 4.23. The highest BCUT2D eigenvalue weighted by Gasteiger charge is 2.14. The molecule has 1 fully saturated rings. The lowest BCUT2D eigenvalue weighted by atomic mass is 10.1. The summed E-state index contributed by atoms with van der Waals surface area (Å²) >= 11 is 10.1. The molecule has 0 amide bonds. The first-order valence-electron chi connectivity index (χ1n) is 8.81. The third-order valence-corrected chi connectivity index (χ3v) is 5.72. The lowest BCUT2D eigenvalue weighted by molar-refractivity contribution is 0.354. The molecule has 0 unspecified atom stereocenters. The molecule has 2 aromatic rings. The van der Waals surface area contributed by atoms with Crippen LogP contribution in [0.3, 0.4) is 0 Å². The highest BCUT2D eigenvalue weighted by Crippen LogP contribution is 2.34. The van der Waals surface area contributed by atoms with Crippen molar-refractivity contribution in [1.29, 1.82) is 0 Å². The van der Waals surface area contributed by atoms with E-state index >= 15 is 0 Å². The second kappa shape index (κ2) is 8.87. The Labute approximate surface area is 168 Å². The third-order valence-electron chi connectivity index (χ3n) is 4.68. The third kappa shape index (κ3) is 4.38. The number of benzene rings is 2. The van der Waals surface area contributed by atoms with Crippen LogP contribution in [0, 0.1) is 0 Å². The molecular weight excluding hydrogens is 416 g/mol. The zero-order chi connectivity index (χ0) is 18.5. The number of hydrogen-bond donors (Lipinski definition) is 1. The number of ether oxygens (including phenoxy) is 2. The molecule has 1 aliphatic rings. The lowest BCUT2D eigenvalue weighted by Crippen LogP contribution is -2.29. The van der Waals surface area contributed by atoms with Gasteiger partial charge >= 0.3 is 0 Å². The topological polar surface area (TPSA) is 33.7 Å². The van der Waals surface area contributed by atoms with Gasteiger partial charge in [0, 0.05) is 29.8 Å². The van der Waals surface area contributed by atoms with Crippen LogP contribution in [0.5, 0.6) is 11.5 Å². The maximum absolute atomic E-state index is 6.54. The number of piperidine rings is 1. The highest BCUT2D eigenvalue weighted by molar-refractivity contribution is 9.10. The molecule has 1 heterocycles. The standard InChI is InChI=1S/C20H24BrClN2O2/c1-25-19-10-14(16(21)12-20(19)26-2)13-23-15-6-7-18(17(22)11-15)24-8-4-3-5-9-24/h6-7,10-12,23H,3-5,8-9,13H2,1-2H3. The molecule has 0 aromatic heterocycles. The Morgan fingerprint density at radius 2 is 1.73 bits per heavy atom. The average Bonchev–Trinajstić information content (AvgIpc) is 2.67. The Morgan fingerprint density at radius 1 is 1.04 bits per heavy atom. The monoisotopic (exact) mass is 438 g/mol. The summed E-state index contributed by atoms with van der Waals surface area (Å²) in [4.78, 5) is 2.38. The summed E-state index contributed by atoms with van der Waals surface area (Å²) in [5.74, 6) is 1.42. The van der Waals surface area contributed by atoms with Crippen molar-refractivity contribution in [3.8, 4) is 11.5 Å². The van der Waals surface area contributed by atoms with Gasteiger partial charge in [-0.15, -0.1) is 0 Å². The zero-order valence-electron chi connectivity index (χ0n) is 15.1. The number of anilines is 2. The molecule has 3 rings (SSSR count). The van der Waals surface area contributed by atoms with Gasteiger partial charge in [-0.1, -0.05) is 27.5 Å². The van der Waals surface area contributed by atoms with E-state index in [0.29, 0.717) is 18.0 Å². The summed E-state index contributed by atoms with van der Waals surface area (Å²) in [5.41, 5.74) is 3.21. The van der Waals surface area contributed by atoms with Gasteiger partial charge in [0.25, 0.3) is 0 Å². The van der Waals surface area contributed by atoms with Gasteiger partial charge in [-0.3, -0.25) is 0 Å². The minimum absolute atomic E-state index is 0.653. The number of methoxy groups -OCH3 is 2. The van der Waals surface area contributed by atoms with Gasteiger partial charge in [0.1, 0.15) is 0 Å². The predicted octanol–water partition coefficient (Wildman–Crippen LogP) is 5.72. The molecule has 0 radical (unpaired) electrons. The van der Waals surface area contributed by atoms with Gasteiger partial charge in [-0.25, -0.2) is 0 Å². The molecule has 0 bridgehead atoms. The van der Waals surface area contributed by atoms with Crippen molar-refractivity contribution >= 4 is 38.9 Å². The Kier molecular flexibility index (Phi) is 6.54. The fourth-order valence-corrected chi connectivity index (χ4v) is 4.00. The summed E-state index contributed by atoms with van der Waals surface area (Å²) in [7, 11) is 3.27. The minimum Gasteiger partial charge on any atom is -0.493 e. The van der Waals surface area contributed by atoms with Gasteiger partial charge in [0.15, 0.2) is 11.5 Å². The smallest absolute Gasteiger partial charge is 0.161 e. The van der Waals surface area contributed by atoms with Crippen LogP contribution in [0.15, 0.2) is 34.8 Å². The molecule has 2 aromatic carbocycles. The Morgan fingerprint density at radius 3 is 2.38 bits per heavy atom.